The van der Waals surface area contributed by atoms with Gasteiger partial charge in [0, 0.05) is 14.7 Å². The first kappa shape index (κ1) is 3.99. The highest BCUT2D eigenvalue weighted by atomic mass is 31.1. The van der Waals surface area contributed by atoms with E-state index in [0.717, 1.165) is 23.7 Å². The fourth-order valence-corrected chi connectivity index (χ4v) is 2.30. The maximum Gasteiger partial charge on any atom is 0.0674 e. The third-order valence-electron chi connectivity index (χ3n) is 0.473. The van der Waals surface area contributed by atoms with Crippen LogP contribution in [0.2, 0.25) is 0 Å². The molecule has 1 saturated heterocycles. The van der Waals surface area contributed by atoms with Gasteiger partial charge in [0.05, 0.1) is 6.35 Å². The molecule has 1 rings (SSSR count). The Bertz CT molecular complexity index is 19.2. The van der Waals surface area contributed by atoms with Crippen molar-refractivity contribution < 1.29 is 4.52 Å². The molecule has 0 aromatic rings. The van der Waals surface area contributed by atoms with Crippen LogP contribution < -0.4 is 0 Å². The zero-order valence-corrected chi connectivity index (χ0v) is 4.82. The summed E-state index contributed by atoms with van der Waals surface area (Å²) in [5, 5.41) is 0. The van der Waals surface area contributed by atoms with Crippen LogP contribution in [0.1, 0.15) is 0 Å². The summed E-state index contributed by atoms with van der Waals surface area (Å²) in [6, 6.07) is 0. The summed E-state index contributed by atoms with van der Waals surface area (Å²) < 4.78 is 4.98. The minimum atomic E-state index is 0.821. The van der Waals surface area contributed by atoms with Gasteiger partial charge in [-0.2, -0.15) is 0 Å². The fraction of sp³-hybridized carbons (Fsp3) is 1.00. The Kier molecular flexibility index (Phi) is 1.66. The van der Waals surface area contributed by atoms with Gasteiger partial charge in [-0.3, -0.25) is 0 Å². The van der Waals surface area contributed by atoms with Gasteiger partial charge in [0.1, 0.15) is 0 Å². The molecular weight excluding hydrogens is 102 g/mol. The lowest BCUT2D eigenvalue weighted by Crippen LogP contribution is -1.55. The van der Waals surface area contributed by atoms with E-state index in [1.54, 1.807) is 0 Å². The Labute approximate surface area is 35.1 Å². The summed E-state index contributed by atoms with van der Waals surface area (Å²) in [4.78, 5) is 0. The maximum absolute atomic E-state index is 4.98. The molecule has 0 amide bonds. The molecule has 1 nitrogen and oxygen atoms in total. The van der Waals surface area contributed by atoms with Gasteiger partial charge in [0.15, 0.2) is 0 Å². The van der Waals surface area contributed by atoms with Crippen LogP contribution >= 0.6 is 17.4 Å². The van der Waals surface area contributed by atoms with Crippen LogP contribution in [-0.2, 0) is 4.52 Å². The van der Waals surface area contributed by atoms with Crippen molar-refractivity contribution in [1.82, 2.24) is 0 Å². The van der Waals surface area contributed by atoms with E-state index in [0.29, 0.717) is 0 Å². The van der Waals surface area contributed by atoms with Crippen LogP contribution in [0.4, 0.5) is 0 Å². The molecule has 0 bridgehead atoms. The van der Waals surface area contributed by atoms with Gasteiger partial charge in [-0.15, -0.1) is 0 Å². The Morgan fingerprint density at radius 3 is 2.80 bits per heavy atom. The molecule has 1 heterocycles. The molecule has 0 aromatic heterocycles. The van der Waals surface area contributed by atoms with Gasteiger partial charge < -0.3 is 4.52 Å². The molecular formula is C2H6OP2. The molecule has 0 aliphatic carbocycles. The molecule has 2 unspecified atom stereocenters. The molecule has 30 valence electrons. The molecule has 1 aliphatic heterocycles. The normalized spacial score (nSPS) is 33.6. The topological polar surface area (TPSA) is 9.23 Å². The second-order valence-electron chi connectivity index (χ2n) is 0.860. The summed E-state index contributed by atoms with van der Waals surface area (Å²) in [7, 11) is 1.92. The van der Waals surface area contributed by atoms with Crippen molar-refractivity contribution in [2.45, 2.75) is 0 Å². The highest BCUT2D eigenvalue weighted by Gasteiger charge is 1.94. The molecule has 0 saturated carbocycles. The molecule has 1 fully saturated rings. The third-order valence-corrected chi connectivity index (χ3v) is 3.04. The van der Waals surface area contributed by atoms with E-state index in [1.165, 1.54) is 5.90 Å². The fourth-order valence-electron chi connectivity index (χ4n) is 0.255. The lowest BCUT2D eigenvalue weighted by atomic mass is 11.7. The number of hydrogen-bond donors (Lipinski definition) is 0. The first-order valence-electron chi connectivity index (χ1n) is 1.55. The predicted molar refractivity (Wildman–Crippen MR) is 27.4 cm³/mol. The second kappa shape index (κ2) is 2.08. The van der Waals surface area contributed by atoms with Gasteiger partial charge >= 0.3 is 0 Å². The Morgan fingerprint density at radius 2 is 2.60 bits per heavy atom. The van der Waals surface area contributed by atoms with Crippen LogP contribution in [-0.4, -0.2) is 12.3 Å². The van der Waals surface area contributed by atoms with Gasteiger partial charge in [0.25, 0.3) is 0 Å². The Balaban J connectivity index is 2.08. The predicted octanol–water partition coefficient (Wildman–Crippen LogP) is 1.20. The van der Waals surface area contributed by atoms with Gasteiger partial charge in [0.2, 0.25) is 0 Å². The Morgan fingerprint density at radius 1 is 1.60 bits per heavy atom. The van der Waals surface area contributed by atoms with E-state index in [9.17, 15) is 0 Å². The minimum Gasteiger partial charge on any atom is -0.358 e. The third kappa shape index (κ3) is 1.13. The second-order valence-corrected chi connectivity index (χ2v) is 3.64. The summed E-state index contributed by atoms with van der Waals surface area (Å²) in [5.74, 6) is 1.33. The van der Waals surface area contributed by atoms with E-state index < -0.39 is 0 Å². The summed E-state index contributed by atoms with van der Waals surface area (Å²) in [6.45, 7) is 0. The molecule has 0 aromatic carbocycles. The standard InChI is InChI=1S/C2H6OP2/c1-3-5-2-4-1/h4-5H,1-2H2. The van der Waals surface area contributed by atoms with Crippen LogP contribution in [0, 0.1) is 0 Å². The first-order valence-corrected chi connectivity index (χ1v) is 4.08. The van der Waals surface area contributed by atoms with E-state index in [-0.39, 0.29) is 0 Å². The lowest BCUT2D eigenvalue weighted by molar-refractivity contribution is 0.460. The molecule has 0 spiro atoms. The largest absolute Gasteiger partial charge is 0.358 e. The van der Waals surface area contributed by atoms with E-state index in [1.807, 2.05) is 0 Å². The minimum absolute atomic E-state index is 0.821. The van der Waals surface area contributed by atoms with Crippen molar-refractivity contribution in [3.8, 4) is 0 Å². The zero-order chi connectivity index (χ0) is 3.54. The van der Waals surface area contributed by atoms with Gasteiger partial charge in [-0.05, 0) is 0 Å². The van der Waals surface area contributed by atoms with Crippen molar-refractivity contribution in [2.24, 2.45) is 0 Å². The van der Waals surface area contributed by atoms with Gasteiger partial charge in [-0.25, -0.2) is 0 Å². The van der Waals surface area contributed by atoms with Crippen molar-refractivity contribution in [1.29, 1.82) is 0 Å². The highest BCUT2D eigenvalue weighted by Crippen LogP contribution is 2.33. The summed E-state index contributed by atoms with van der Waals surface area (Å²) >= 11 is 0. The number of rotatable bonds is 0. The van der Waals surface area contributed by atoms with Crippen molar-refractivity contribution in [2.75, 3.05) is 12.3 Å². The molecule has 0 N–H and O–H groups in total. The zero-order valence-electron chi connectivity index (χ0n) is 2.82. The van der Waals surface area contributed by atoms with Crippen LogP contribution in [0.3, 0.4) is 0 Å². The van der Waals surface area contributed by atoms with E-state index >= 15 is 0 Å². The monoisotopic (exact) mass is 108 g/mol. The Hall–Kier alpha value is 0.820. The van der Waals surface area contributed by atoms with Crippen LogP contribution in [0.5, 0.6) is 0 Å². The molecule has 0 radical (unpaired) electrons. The lowest BCUT2D eigenvalue weighted by Gasteiger charge is -1.76. The molecule has 2 atom stereocenters. The molecule has 3 heteroatoms. The maximum atomic E-state index is 4.98. The van der Waals surface area contributed by atoms with Crippen molar-refractivity contribution >= 4 is 17.4 Å². The molecule has 5 heavy (non-hydrogen) atoms. The van der Waals surface area contributed by atoms with E-state index in [4.69, 9.17) is 4.52 Å². The van der Waals surface area contributed by atoms with Crippen LogP contribution in [0.25, 0.3) is 0 Å². The SMILES string of the molecule is C1OPCP1. The quantitative estimate of drug-likeness (QED) is 0.423. The highest BCUT2D eigenvalue weighted by molar-refractivity contribution is 7.56. The summed E-state index contributed by atoms with van der Waals surface area (Å²) in [6.07, 6.45) is 1.04. The smallest absolute Gasteiger partial charge is 0.0674 e. The average Bonchev–Trinajstić information content (AvgIpc) is 1.76. The average molecular weight is 108 g/mol. The summed E-state index contributed by atoms with van der Waals surface area (Å²) in [5.41, 5.74) is 0. The van der Waals surface area contributed by atoms with Crippen molar-refractivity contribution in [3.05, 3.63) is 0 Å². The van der Waals surface area contributed by atoms with Crippen LogP contribution in [0.15, 0.2) is 0 Å². The number of hydrogen-bond acceptors (Lipinski definition) is 1. The van der Waals surface area contributed by atoms with Crippen molar-refractivity contribution in [3.63, 3.8) is 0 Å². The van der Waals surface area contributed by atoms with Gasteiger partial charge in [-0.1, -0.05) is 8.58 Å². The first-order chi connectivity index (χ1) is 2.50. The molecule has 1 aliphatic rings. The van der Waals surface area contributed by atoms with E-state index in [2.05, 4.69) is 0 Å².